The fourth-order valence-corrected chi connectivity index (χ4v) is 2.44. The van der Waals surface area contributed by atoms with E-state index in [-0.39, 0.29) is 5.76 Å². The molecule has 2 heterocycles. The van der Waals surface area contributed by atoms with Crippen LogP contribution in [0, 0.1) is 0 Å². The Morgan fingerprint density at radius 2 is 1.87 bits per heavy atom. The van der Waals surface area contributed by atoms with Crippen molar-refractivity contribution in [2.75, 3.05) is 25.1 Å². The van der Waals surface area contributed by atoms with Crippen molar-refractivity contribution in [1.29, 1.82) is 0 Å². The minimum absolute atomic E-state index is 0.0307. The molecule has 0 aliphatic carbocycles. The first-order valence-corrected chi connectivity index (χ1v) is 8.94. The molecule has 158 valence electrons. The minimum Gasteiger partial charge on any atom is -0.486 e. The summed E-state index contributed by atoms with van der Waals surface area (Å²) in [7, 11) is 0. The molecule has 1 aliphatic rings. The molecule has 0 saturated carbocycles. The van der Waals surface area contributed by atoms with Gasteiger partial charge in [0.05, 0.1) is 6.26 Å². The minimum atomic E-state index is -1.03. The number of carbonyl (C=O) groups is 4. The van der Waals surface area contributed by atoms with Crippen molar-refractivity contribution in [2.24, 2.45) is 0 Å². The Morgan fingerprint density at radius 1 is 1.10 bits per heavy atom. The number of amides is 4. The van der Waals surface area contributed by atoms with Gasteiger partial charge in [-0.25, -0.2) is 9.59 Å². The summed E-state index contributed by atoms with van der Waals surface area (Å²) in [4.78, 5) is 47.4. The fourth-order valence-electron chi connectivity index (χ4n) is 2.44. The van der Waals surface area contributed by atoms with Gasteiger partial charge in [-0.1, -0.05) is 0 Å². The van der Waals surface area contributed by atoms with Gasteiger partial charge < -0.3 is 29.3 Å². The molecule has 11 heteroatoms. The molecule has 0 radical (unpaired) electrons. The Kier molecular flexibility index (Phi) is 6.53. The molecule has 3 N–H and O–H groups in total. The monoisotopic (exact) mass is 417 g/mol. The molecule has 0 spiro atoms. The summed E-state index contributed by atoms with van der Waals surface area (Å²) in [5, 5.41) is 6.85. The number of imide groups is 1. The highest BCUT2D eigenvalue weighted by Gasteiger charge is 2.21. The van der Waals surface area contributed by atoms with E-state index in [1.807, 2.05) is 5.32 Å². The van der Waals surface area contributed by atoms with E-state index in [4.69, 9.17) is 18.6 Å². The summed E-state index contributed by atoms with van der Waals surface area (Å²) in [6.07, 6.45) is 1.32. The maximum absolute atomic E-state index is 11.9. The molecular formula is C19H19N3O8. The smallest absolute Gasteiger partial charge is 0.328 e. The summed E-state index contributed by atoms with van der Waals surface area (Å²) >= 11 is 0. The highest BCUT2D eigenvalue weighted by atomic mass is 16.6. The highest BCUT2D eigenvalue weighted by molar-refractivity contribution is 6.02. The van der Waals surface area contributed by atoms with Crippen LogP contribution < -0.4 is 25.4 Å². The average Bonchev–Trinajstić information content (AvgIpc) is 3.27. The van der Waals surface area contributed by atoms with Crippen molar-refractivity contribution in [3.63, 3.8) is 0 Å². The normalized spacial score (nSPS) is 13.0. The molecule has 1 aromatic carbocycles. The lowest BCUT2D eigenvalue weighted by molar-refractivity contribution is -0.149. The van der Waals surface area contributed by atoms with E-state index < -0.39 is 36.5 Å². The Morgan fingerprint density at radius 3 is 2.60 bits per heavy atom. The number of fused-ring (bicyclic) bond motifs is 1. The zero-order chi connectivity index (χ0) is 21.5. The third-order valence-corrected chi connectivity index (χ3v) is 3.84. The van der Waals surface area contributed by atoms with E-state index in [0.717, 1.165) is 0 Å². The Hall–Kier alpha value is -4.02. The van der Waals surface area contributed by atoms with Crippen molar-refractivity contribution in [3.8, 4) is 11.5 Å². The van der Waals surface area contributed by atoms with Crippen LogP contribution in [0.5, 0.6) is 11.5 Å². The molecule has 1 aromatic heterocycles. The third kappa shape index (κ3) is 5.50. The quantitative estimate of drug-likeness (QED) is 0.592. The van der Waals surface area contributed by atoms with Crippen molar-refractivity contribution in [3.05, 3.63) is 42.4 Å². The van der Waals surface area contributed by atoms with Gasteiger partial charge >= 0.3 is 12.0 Å². The lowest BCUT2D eigenvalue weighted by atomic mass is 10.2. The predicted octanol–water partition coefficient (Wildman–Crippen LogP) is 1.06. The van der Waals surface area contributed by atoms with E-state index in [9.17, 15) is 19.2 Å². The van der Waals surface area contributed by atoms with E-state index in [0.29, 0.717) is 30.4 Å². The maximum atomic E-state index is 11.9. The van der Waals surface area contributed by atoms with Crippen LogP contribution in [0.3, 0.4) is 0 Å². The molecule has 30 heavy (non-hydrogen) atoms. The van der Waals surface area contributed by atoms with Crippen LogP contribution in [0.15, 0.2) is 41.0 Å². The van der Waals surface area contributed by atoms with Crippen LogP contribution in [-0.4, -0.2) is 49.7 Å². The lowest BCUT2D eigenvalue weighted by Crippen LogP contribution is -2.42. The third-order valence-electron chi connectivity index (χ3n) is 3.84. The zero-order valence-corrected chi connectivity index (χ0v) is 15.9. The van der Waals surface area contributed by atoms with Gasteiger partial charge in [-0.2, -0.15) is 0 Å². The number of carbonyl (C=O) groups excluding carboxylic acids is 4. The second kappa shape index (κ2) is 9.45. The molecule has 0 fully saturated rings. The van der Waals surface area contributed by atoms with Crippen LogP contribution in [0.2, 0.25) is 0 Å². The molecule has 0 unspecified atom stereocenters. The number of ether oxygens (including phenoxy) is 3. The van der Waals surface area contributed by atoms with Crippen LogP contribution in [-0.2, 0) is 14.3 Å². The number of hydrogen-bond acceptors (Lipinski definition) is 8. The molecule has 0 saturated heterocycles. The Balaban J connectivity index is 1.41. The lowest BCUT2D eigenvalue weighted by Gasteiger charge is -2.19. The number of furan rings is 1. The van der Waals surface area contributed by atoms with E-state index >= 15 is 0 Å². The number of esters is 1. The summed E-state index contributed by atoms with van der Waals surface area (Å²) in [6.45, 7) is 1.52. The second-order valence-electron chi connectivity index (χ2n) is 6.14. The van der Waals surface area contributed by atoms with E-state index in [1.165, 1.54) is 25.3 Å². The molecule has 1 atom stereocenters. The van der Waals surface area contributed by atoms with Crippen LogP contribution >= 0.6 is 0 Å². The van der Waals surface area contributed by atoms with Gasteiger partial charge in [-0.3, -0.25) is 14.9 Å². The largest absolute Gasteiger partial charge is 0.486 e. The number of benzene rings is 1. The SMILES string of the molecule is C[C@H](NC(=O)c1ccco1)C(=O)OCC(=O)NC(=O)Nc1ccc2c(c1)OCCO2. The second-order valence-corrected chi connectivity index (χ2v) is 6.14. The van der Waals surface area contributed by atoms with Crippen LogP contribution in [0.4, 0.5) is 10.5 Å². The topological polar surface area (TPSA) is 145 Å². The Bertz CT molecular complexity index is 941. The summed E-state index contributed by atoms with van der Waals surface area (Å²) < 4.78 is 20.5. The molecule has 0 bridgehead atoms. The number of hydrogen-bond donors (Lipinski definition) is 3. The van der Waals surface area contributed by atoms with Gasteiger partial charge in [0.2, 0.25) is 0 Å². The first-order chi connectivity index (χ1) is 14.4. The van der Waals surface area contributed by atoms with Crippen molar-refractivity contribution in [2.45, 2.75) is 13.0 Å². The van der Waals surface area contributed by atoms with Gasteiger partial charge in [0.25, 0.3) is 11.8 Å². The molecule has 1 aliphatic heterocycles. The predicted molar refractivity (Wildman–Crippen MR) is 101 cm³/mol. The van der Waals surface area contributed by atoms with Crippen molar-refractivity contribution < 1.29 is 37.8 Å². The molecular weight excluding hydrogens is 398 g/mol. The maximum Gasteiger partial charge on any atom is 0.328 e. The van der Waals surface area contributed by atoms with Gasteiger partial charge in [0.1, 0.15) is 19.3 Å². The van der Waals surface area contributed by atoms with Crippen molar-refractivity contribution in [1.82, 2.24) is 10.6 Å². The molecule has 11 nitrogen and oxygen atoms in total. The molecule has 3 rings (SSSR count). The summed E-state index contributed by atoms with van der Waals surface area (Å²) in [6, 6.07) is 5.89. The molecule has 4 amide bonds. The standard InChI is InChI=1S/C19H19N3O8/c1-11(20-17(24)14-3-2-6-27-14)18(25)30-10-16(23)22-19(26)21-12-4-5-13-15(9-12)29-8-7-28-13/h2-6,9,11H,7-8,10H2,1H3,(H,20,24)(H2,21,22,23,26)/t11-/m0/s1. The van der Waals surface area contributed by atoms with Gasteiger partial charge in [0, 0.05) is 11.8 Å². The highest BCUT2D eigenvalue weighted by Crippen LogP contribution is 2.32. The number of rotatable bonds is 6. The zero-order valence-electron chi connectivity index (χ0n) is 15.9. The first kappa shape index (κ1) is 20.7. The number of urea groups is 1. The number of nitrogens with one attached hydrogen (secondary N) is 3. The first-order valence-electron chi connectivity index (χ1n) is 8.94. The summed E-state index contributed by atoms with van der Waals surface area (Å²) in [5.41, 5.74) is 0.385. The Labute approximate surface area is 170 Å². The fraction of sp³-hybridized carbons (Fsp3) is 0.263. The number of anilines is 1. The molecule has 2 aromatic rings. The van der Waals surface area contributed by atoms with Crippen LogP contribution in [0.25, 0.3) is 0 Å². The van der Waals surface area contributed by atoms with E-state index in [2.05, 4.69) is 10.6 Å². The van der Waals surface area contributed by atoms with E-state index in [1.54, 1.807) is 18.2 Å². The van der Waals surface area contributed by atoms with Gasteiger partial charge in [-0.15, -0.1) is 0 Å². The van der Waals surface area contributed by atoms with Gasteiger partial charge in [-0.05, 0) is 31.2 Å². The van der Waals surface area contributed by atoms with Gasteiger partial charge in [0.15, 0.2) is 23.9 Å². The summed E-state index contributed by atoms with van der Waals surface area (Å²) in [5.74, 6) is -1.23. The van der Waals surface area contributed by atoms with Crippen molar-refractivity contribution >= 4 is 29.5 Å². The average molecular weight is 417 g/mol. The van der Waals surface area contributed by atoms with Crippen LogP contribution in [0.1, 0.15) is 17.5 Å².